The maximum Gasteiger partial charge on any atom is 0.311 e. The fourth-order valence-corrected chi connectivity index (χ4v) is 3.96. The summed E-state index contributed by atoms with van der Waals surface area (Å²) >= 11 is 0. The van der Waals surface area contributed by atoms with Gasteiger partial charge in [0.05, 0.1) is 11.0 Å². The van der Waals surface area contributed by atoms with Crippen LogP contribution in [0.3, 0.4) is 0 Å². The van der Waals surface area contributed by atoms with Crippen molar-refractivity contribution in [3.8, 4) is 0 Å². The predicted molar refractivity (Wildman–Crippen MR) is 81.0 cm³/mol. The maximum absolute atomic E-state index is 13.0. The van der Waals surface area contributed by atoms with Gasteiger partial charge in [0.1, 0.15) is 0 Å². The molecule has 21 heavy (non-hydrogen) atoms. The zero-order valence-corrected chi connectivity index (χ0v) is 13.3. The van der Waals surface area contributed by atoms with Crippen LogP contribution in [0.4, 0.5) is 0 Å². The molecule has 0 aliphatic carbocycles. The van der Waals surface area contributed by atoms with Gasteiger partial charge in [0.15, 0.2) is 0 Å². The second-order valence-corrected chi connectivity index (χ2v) is 6.63. The summed E-state index contributed by atoms with van der Waals surface area (Å²) in [5.74, 6) is -0.632. The number of carboxylic acid groups (broad SMARTS) is 1. The van der Waals surface area contributed by atoms with Crippen molar-refractivity contribution in [3.05, 3.63) is 0 Å². The minimum absolute atomic E-state index is 0.126. The van der Waals surface area contributed by atoms with Crippen molar-refractivity contribution in [1.82, 2.24) is 10.2 Å². The molecule has 0 saturated carbocycles. The second kappa shape index (κ2) is 6.34. The Morgan fingerprint density at radius 2 is 2.00 bits per heavy atom. The van der Waals surface area contributed by atoms with Gasteiger partial charge in [-0.2, -0.15) is 0 Å². The van der Waals surface area contributed by atoms with E-state index in [1.807, 2.05) is 11.8 Å². The normalized spacial score (nSPS) is 33.1. The number of hydrogen-bond donors (Lipinski definition) is 2. The van der Waals surface area contributed by atoms with Crippen molar-refractivity contribution in [2.24, 2.45) is 5.41 Å². The van der Waals surface area contributed by atoms with Crippen LogP contribution in [-0.2, 0) is 9.59 Å². The lowest BCUT2D eigenvalue weighted by Crippen LogP contribution is -2.59. The highest BCUT2D eigenvalue weighted by molar-refractivity contribution is 5.87. The Morgan fingerprint density at radius 1 is 1.24 bits per heavy atom. The van der Waals surface area contributed by atoms with Crippen LogP contribution >= 0.6 is 0 Å². The van der Waals surface area contributed by atoms with Crippen molar-refractivity contribution >= 4 is 11.9 Å². The number of nitrogens with zero attached hydrogens (tertiary/aromatic N) is 1. The topological polar surface area (TPSA) is 69.6 Å². The quantitative estimate of drug-likeness (QED) is 0.814. The SMILES string of the molecule is CCCC1(C(=O)N2CCCC(CC)(C(=O)O)C2)CCCN1. The summed E-state index contributed by atoms with van der Waals surface area (Å²) < 4.78 is 0. The van der Waals surface area contributed by atoms with Crippen LogP contribution in [-0.4, -0.2) is 47.1 Å². The van der Waals surface area contributed by atoms with Crippen LogP contribution in [0, 0.1) is 5.41 Å². The summed E-state index contributed by atoms with van der Waals surface area (Å²) in [6.45, 7) is 5.96. The molecule has 0 bridgehead atoms. The van der Waals surface area contributed by atoms with Crippen LogP contribution in [0.15, 0.2) is 0 Å². The molecule has 2 fully saturated rings. The Morgan fingerprint density at radius 3 is 2.52 bits per heavy atom. The first kappa shape index (κ1) is 16.3. The lowest BCUT2D eigenvalue weighted by atomic mass is 9.77. The summed E-state index contributed by atoms with van der Waals surface area (Å²) in [6, 6.07) is 0. The van der Waals surface area contributed by atoms with Crippen LogP contribution < -0.4 is 5.32 Å². The number of nitrogens with one attached hydrogen (secondary N) is 1. The smallest absolute Gasteiger partial charge is 0.311 e. The third-order valence-electron chi connectivity index (χ3n) is 5.32. The minimum atomic E-state index is -0.758. The molecule has 0 spiro atoms. The number of carbonyl (C=O) groups is 2. The van der Waals surface area contributed by atoms with Crippen LogP contribution in [0.2, 0.25) is 0 Å². The molecular formula is C16H28N2O3. The zero-order valence-electron chi connectivity index (χ0n) is 13.3. The monoisotopic (exact) mass is 296 g/mol. The van der Waals surface area contributed by atoms with Crippen LogP contribution in [0.25, 0.3) is 0 Å². The predicted octanol–water partition coefficient (Wildman–Crippen LogP) is 2.01. The van der Waals surface area contributed by atoms with Gasteiger partial charge in [-0.3, -0.25) is 9.59 Å². The molecule has 0 radical (unpaired) electrons. The molecule has 1 amide bonds. The number of hydrogen-bond acceptors (Lipinski definition) is 3. The van der Waals surface area contributed by atoms with Gasteiger partial charge in [0, 0.05) is 13.1 Å². The molecule has 5 nitrogen and oxygen atoms in total. The van der Waals surface area contributed by atoms with Crippen molar-refractivity contribution in [1.29, 1.82) is 0 Å². The van der Waals surface area contributed by atoms with E-state index in [4.69, 9.17) is 0 Å². The van der Waals surface area contributed by atoms with Crippen molar-refractivity contribution in [2.75, 3.05) is 19.6 Å². The zero-order chi connectivity index (χ0) is 15.5. The van der Waals surface area contributed by atoms with E-state index in [9.17, 15) is 14.7 Å². The Labute approximate surface area is 127 Å². The van der Waals surface area contributed by atoms with Gasteiger partial charge >= 0.3 is 5.97 Å². The second-order valence-electron chi connectivity index (χ2n) is 6.63. The molecule has 2 rings (SSSR count). The summed E-state index contributed by atoms with van der Waals surface area (Å²) in [6.07, 6.45) is 5.75. The van der Waals surface area contributed by atoms with Gasteiger partial charge in [0.2, 0.25) is 5.91 Å². The molecule has 2 heterocycles. The number of likely N-dealkylation sites (tertiary alicyclic amines) is 1. The summed E-state index contributed by atoms with van der Waals surface area (Å²) in [7, 11) is 0. The van der Waals surface area contributed by atoms with Crippen molar-refractivity contribution < 1.29 is 14.7 Å². The largest absolute Gasteiger partial charge is 0.481 e. The Kier molecular flexibility index (Phi) is 4.91. The minimum Gasteiger partial charge on any atom is -0.481 e. The number of amides is 1. The van der Waals surface area contributed by atoms with Crippen molar-refractivity contribution in [3.63, 3.8) is 0 Å². The Balaban J connectivity index is 2.16. The fourth-order valence-electron chi connectivity index (χ4n) is 3.96. The average molecular weight is 296 g/mol. The summed E-state index contributed by atoms with van der Waals surface area (Å²) in [4.78, 5) is 26.5. The lowest BCUT2D eigenvalue weighted by molar-refractivity contribution is -0.156. The van der Waals surface area contributed by atoms with E-state index in [-0.39, 0.29) is 5.91 Å². The molecule has 0 aromatic carbocycles. The van der Waals surface area contributed by atoms with E-state index in [0.29, 0.717) is 25.9 Å². The third-order valence-corrected chi connectivity index (χ3v) is 5.32. The molecule has 2 unspecified atom stereocenters. The molecule has 0 aromatic rings. The molecule has 2 saturated heterocycles. The Hall–Kier alpha value is -1.10. The molecule has 2 aliphatic heterocycles. The highest BCUT2D eigenvalue weighted by atomic mass is 16.4. The van der Waals surface area contributed by atoms with Crippen LogP contribution in [0.1, 0.15) is 58.8 Å². The van der Waals surface area contributed by atoms with Gasteiger partial charge in [-0.15, -0.1) is 0 Å². The van der Waals surface area contributed by atoms with E-state index in [1.54, 1.807) is 0 Å². The Bertz CT molecular complexity index is 404. The fraction of sp³-hybridized carbons (Fsp3) is 0.875. The van der Waals surface area contributed by atoms with Gasteiger partial charge in [-0.05, 0) is 45.1 Å². The maximum atomic E-state index is 13.0. The third kappa shape index (κ3) is 2.93. The highest BCUT2D eigenvalue weighted by Gasteiger charge is 2.47. The van der Waals surface area contributed by atoms with Gasteiger partial charge < -0.3 is 15.3 Å². The van der Waals surface area contributed by atoms with Gasteiger partial charge in [-0.1, -0.05) is 20.3 Å². The summed E-state index contributed by atoms with van der Waals surface area (Å²) in [5, 5.41) is 13.0. The molecule has 5 heteroatoms. The molecule has 2 aliphatic rings. The standard InChI is InChI=1S/C16H28N2O3/c1-3-7-16(9-5-10-17-16)13(19)18-11-6-8-15(4-2,12-18)14(20)21/h17H,3-12H2,1-2H3,(H,20,21). The first-order valence-corrected chi connectivity index (χ1v) is 8.27. The highest BCUT2D eigenvalue weighted by Crippen LogP contribution is 2.36. The first-order valence-electron chi connectivity index (χ1n) is 8.27. The van der Waals surface area contributed by atoms with Crippen molar-refractivity contribution in [2.45, 2.75) is 64.3 Å². The van der Waals surface area contributed by atoms with E-state index < -0.39 is 16.9 Å². The molecule has 0 aromatic heterocycles. The summed E-state index contributed by atoms with van der Waals surface area (Å²) in [5.41, 5.74) is -1.19. The van der Waals surface area contributed by atoms with Crippen LogP contribution in [0.5, 0.6) is 0 Å². The number of piperidine rings is 1. The number of carboxylic acids is 1. The molecule has 2 N–H and O–H groups in total. The number of carbonyl (C=O) groups excluding carboxylic acids is 1. The van der Waals surface area contributed by atoms with Gasteiger partial charge in [-0.25, -0.2) is 0 Å². The van der Waals surface area contributed by atoms with Gasteiger partial charge in [0.25, 0.3) is 0 Å². The van der Waals surface area contributed by atoms with E-state index >= 15 is 0 Å². The van der Waals surface area contributed by atoms with E-state index in [1.165, 1.54) is 0 Å². The average Bonchev–Trinajstić information content (AvgIpc) is 2.96. The lowest BCUT2D eigenvalue weighted by Gasteiger charge is -2.43. The number of rotatable bonds is 5. The first-order chi connectivity index (χ1) is 9.99. The molecular weight excluding hydrogens is 268 g/mol. The number of aliphatic carboxylic acids is 1. The van der Waals surface area contributed by atoms with E-state index in [2.05, 4.69) is 12.2 Å². The molecule has 2 atom stereocenters. The van der Waals surface area contributed by atoms with E-state index in [0.717, 1.165) is 38.6 Å². The molecule has 120 valence electrons.